The van der Waals surface area contributed by atoms with Crippen molar-refractivity contribution >= 4 is 23.2 Å². The predicted octanol–water partition coefficient (Wildman–Crippen LogP) is 2.78. The van der Waals surface area contributed by atoms with E-state index in [4.69, 9.17) is 0 Å². The van der Waals surface area contributed by atoms with E-state index in [1.165, 1.54) is 11.3 Å². The number of thiophene rings is 1. The predicted molar refractivity (Wildman–Crippen MR) is 74.6 cm³/mol. The molecule has 1 aromatic heterocycles. The third-order valence-electron chi connectivity index (χ3n) is 3.92. The molecular weight excluding hydrogens is 262 g/mol. The summed E-state index contributed by atoms with van der Waals surface area (Å²) in [4.78, 5) is 26.4. The largest absolute Gasteiger partial charge is 0.480 e. The van der Waals surface area contributed by atoms with E-state index in [2.05, 4.69) is 0 Å². The van der Waals surface area contributed by atoms with Crippen molar-refractivity contribution in [2.24, 2.45) is 0 Å². The fourth-order valence-electron chi connectivity index (χ4n) is 2.59. The summed E-state index contributed by atoms with van der Waals surface area (Å²) in [5.74, 6) is -1.04. The number of hydrogen-bond acceptors (Lipinski definition) is 3. The number of carbonyl (C=O) groups is 2. The van der Waals surface area contributed by atoms with Gasteiger partial charge in [-0.15, -0.1) is 11.3 Å². The van der Waals surface area contributed by atoms with Crippen LogP contribution in [0.4, 0.5) is 0 Å². The number of carbonyl (C=O) groups excluding carboxylic acids is 1. The number of rotatable bonds is 3. The summed E-state index contributed by atoms with van der Waals surface area (Å²) in [5, 5.41) is 11.3. The summed E-state index contributed by atoms with van der Waals surface area (Å²) >= 11 is 1.40. The van der Waals surface area contributed by atoms with Gasteiger partial charge < -0.3 is 10.0 Å². The van der Waals surface area contributed by atoms with Crippen molar-refractivity contribution in [1.29, 1.82) is 0 Å². The van der Waals surface area contributed by atoms with Gasteiger partial charge in [0.2, 0.25) is 0 Å². The zero-order valence-electron chi connectivity index (χ0n) is 11.3. The first kappa shape index (κ1) is 14.1. The van der Waals surface area contributed by atoms with Crippen LogP contribution in [0.2, 0.25) is 0 Å². The maximum Gasteiger partial charge on any atom is 0.329 e. The van der Waals surface area contributed by atoms with Crippen LogP contribution in [0.15, 0.2) is 11.4 Å². The Morgan fingerprint density at radius 2 is 2.21 bits per heavy atom. The second-order valence-electron chi connectivity index (χ2n) is 5.12. The molecule has 1 unspecified atom stereocenters. The molecule has 0 spiro atoms. The number of amides is 1. The molecule has 1 N–H and O–H groups in total. The third kappa shape index (κ3) is 2.39. The highest BCUT2D eigenvalue weighted by Gasteiger charge is 2.44. The van der Waals surface area contributed by atoms with E-state index in [0.29, 0.717) is 17.8 Å². The average Bonchev–Trinajstić information content (AvgIpc) is 2.86. The highest BCUT2D eigenvalue weighted by Crippen LogP contribution is 2.31. The quantitative estimate of drug-likeness (QED) is 0.927. The Bertz CT molecular complexity index is 497. The van der Waals surface area contributed by atoms with E-state index in [9.17, 15) is 14.7 Å². The Morgan fingerprint density at radius 3 is 2.84 bits per heavy atom. The number of hydrogen-bond donors (Lipinski definition) is 1. The van der Waals surface area contributed by atoms with Crippen LogP contribution in [-0.2, 0) is 11.2 Å². The van der Waals surface area contributed by atoms with E-state index in [0.717, 1.165) is 24.8 Å². The first-order valence-corrected chi connectivity index (χ1v) is 7.50. The van der Waals surface area contributed by atoms with E-state index < -0.39 is 11.5 Å². The van der Waals surface area contributed by atoms with Gasteiger partial charge in [0.15, 0.2) is 0 Å². The smallest absolute Gasteiger partial charge is 0.329 e. The van der Waals surface area contributed by atoms with Crippen molar-refractivity contribution in [1.82, 2.24) is 4.90 Å². The van der Waals surface area contributed by atoms with Crippen LogP contribution in [0, 0.1) is 0 Å². The minimum Gasteiger partial charge on any atom is -0.480 e. The van der Waals surface area contributed by atoms with Gasteiger partial charge >= 0.3 is 5.97 Å². The summed E-state index contributed by atoms with van der Waals surface area (Å²) in [6.07, 6.45) is 3.06. The number of likely N-dealkylation sites (tertiary alicyclic amines) is 1. The van der Waals surface area contributed by atoms with E-state index in [1.807, 2.05) is 18.4 Å². The summed E-state index contributed by atoms with van der Waals surface area (Å²) < 4.78 is 0. The number of aliphatic carboxylic acids is 1. The van der Waals surface area contributed by atoms with E-state index in [1.54, 1.807) is 11.8 Å². The van der Waals surface area contributed by atoms with E-state index >= 15 is 0 Å². The number of carboxylic acid groups (broad SMARTS) is 1. The molecule has 1 fully saturated rings. The van der Waals surface area contributed by atoms with Crippen LogP contribution >= 0.6 is 11.3 Å². The molecule has 0 bridgehead atoms. The van der Waals surface area contributed by atoms with Gasteiger partial charge in [-0.25, -0.2) is 4.79 Å². The number of nitrogens with zero attached hydrogens (tertiary/aromatic N) is 1. The molecule has 1 saturated heterocycles. The van der Waals surface area contributed by atoms with Crippen LogP contribution in [0.25, 0.3) is 0 Å². The summed E-state index contributed by atoms with van der Waals surface area (Å²) in [6, 6.07) is 1.94. The van der Waals surface area contributed by atoms with Crippen LogP contribution in [-0.4, -0.2) is 34.0 Å². The highest BCUT2D eigenvalue weighted by molar-refractivity contribution is 7.12. The van der Waals surface area contributed by atoms with E-state index in [-0.39, 0.29) is 5.91 Å². The average molecular weight is 281 g/mol. The number of aryl methyl sites for hydroxylation is 1. The molecule has 1 aromatic rings. The van der Waals surface area contributed by atoms with Crippen molar-refractivity contribution < 1.29 is 14.7 Å². The molecule has 2 heterocycles. The molecule has 0 aromatic carbocycles. The normalized spacial score (nSPS) is 23.4. The Hall–Kier alpha value is -1.36. The lowest BCUT2D eigenvalue weighted by atomic mass is 9.88. The number of carboxylic acids is 1. The van der Waals surface area contributed by atoms with Gasteiger partial charge in [0.1, 0.15) is 5.54 Å². The lowest BCUT2D eigenvalue weighted by molar-refractivity contribution is -0.150. The fraction of sp³-hybridized carbons (Fsp3) is 0.571. The van der Waals surface area contributed by atoms with Gasteiger partial charge in [0.05, 0.1) is 4.88 Å². The SMILES string of the molecule is CCc1ccsc1C(=O)N1CCCCC1(C)C(=O)O. The maximum atomic E-state index is 12.6. The molecule has 0 saturated carbocycles. The topological polar surface area (TPSA) is 57.6 Å². The molecule has 1 amide bonds. The van der Waals surface area contributed by atoms with Crippen LogP contribution < -0.4 is 0 Å². The third-order valence-corrected chi connectivity index (χ3v) is 4.86. The van der Waals surface area contributed by atoms with Gasteiger partial charge in [0, 0.05) is 6.54 Å². The Kier molecular flexibility index (Phi) is 3.94. The molecule has 5 heteroatoms. The number of piperidine rings is 1. The van der Waals surface area contributed by atoms with Crippen molar-refractivity contribution in [2.45, 2.75) is 45.1 Å². The Morgan fingerprint density at radius 1 is 1.47 bits per heavy atom. The van der Waals surface area contributed by atoms with Gasteiger partial charge in [0.25, 0.3) is 5.91 Å². The van der Waals surface area contributed by atoms with Gasteiger partial charge in [-0.2, -0.15) is 0 Å². The Labute approximate surface area is 117 Å². The van der Waals surface area contributed by atoms with Crippen LogP contribution in [0.1, 0.15) is 48.3 Å². The highest BCUT2D eigenvalue weighted by atomic mass is 32.1. The fourth-order valence-corrected chi connectivity index (χ4v) is 3.54. The zero-order valence-corrected chi connectivity index (χ0v) is 12.1. The van der Waals surface area contributed by atoms with Crippen molar-refractivity contribution in [3.8, 4) is 0 Å². The second kappa shape index (κ2) is 5.33. The second-order valence-corrected chi connectivity index (χ2v) is 6.04. The van der Waals surface area contributed by atoms with Gasteiger partial charge in [-0.3, -0.25) is 4.79 Å². The molecule has 1 aliphatic rings. The molecule has 0 radical (unpaired) electrons. The minimum atomic E-state index is -1.07. The first-order chi connectivity index (χ1) is 9.00. The zero-order chi connectivity index (χ0) is 14.0. The molecule has 4 nitrogen and oxygen atoms in total. The lowest BCUT2D eigenvalue weighted by Crippen LogP contribution is -2.57. The summed E-state index contributed by atoms with van der Waals surface area (Å²) in [6.45, 7) is 4.19. The first-order valence-electron chi connectivity index (χ1n) is 6.62. The molecule has 2 rings (SSSR count). The summed E-state index contributed by atoms with van der Waals surface area (Å²) in [7, 11) is 0. The molecule has 104 valence electrons. The van der Waals surface area contributed by atoms with Crippen molar-refractivity contribution in [2.75, 3.05) is 6.54 Å². The summed E-state index contributed by atoms with van der Waals surface area (Å²) in [5.41, 5.74) is -0.0574. The van der Waals surface area contributed by atoms with Gasteiger partial charge in [-0.05, 0) is 49.6 Å². The lowest BCUT2D eigenvalue weighted by Gasteiger charge is -2.41. The molecule has 0 aliphatic carbocycles. The molecule has 19 heavy (non-hydrogen) atoms. The Balaban J connectivity index is 2.33. The molecule has 1 aliphatic heterocycles. The monoisotopic (exact) mass is 281 g/mol. The van der Waals surface area contributed by atoms with Crippen molar-refractivity contribution in [3.63, 3.8) is 0 Å². The molecule has 1 atom stereocenters. The van der Waals surface area contributed by atoms with Crippen LogP contribution in [0.3, 0.4) is 0 Å². The maximum absolute atomic E-state index is 12.6. The van der Waals surface area contributed by atoms with Gasteiger partial charge in [-0.1, -0.05) is 6.92 Å². The standard InChI is InChI=1S/C14H19NO3S/c1-3-10-6-9-19-11(10)12(16)15-8-5-4-7-14(15,2)13(17)18/h6,9H,3-5,7-8H2,1-2H3,(H,17,18). The molecular formula is C14H19NO3S. The van der Waals surface area contributed by atoms with Crippen molar-refractivity contribution in [3.05, 3.63) is 21.9 Å². The van der Waals surface area contributed by atoms with Crippen LogP contribution in [0.5, 0.6) is 0 Å². The minimum absolute atomic E-state index is 0.128.